The Kier molecular flexibility index (Phi) is 4.05. The van der Waals surface area contributed by atoms with Crippen LogP contribution in [0, 0.1) is 11.8 Å². The summed E-state index contributed by atoms with van der Waals surface area (Å²) in [5.74, 6) is 2.54. The number of hydrogen-bond donors (Lipinski definition) is 1. The van der Waals surface area contributed by atoms with Gasteiger partial charge in [0.1, 0.15) is 5.82 Å². The van der Waals surface area contributed by atoms with Crippen molar-refractivity contribution in [2.75, 3.05) is 0 Å². The number of aromatic nitrogens is 2. The van der Waals surface area contributed by atoms with Crippen LogP contribution in [0.15, 0.2) is 18.2 Å². The van der Waals surface area contributed by atoms with Crippen LogP contribution in [0.25, 0.3) is 11.0 Å². The minimum absolute atomic E-state index is 0.673. The molecule has 0 atom stereocenters. The van der Waals surface area contributed by atoms with Crippen LogP contribution in [0.1, 0.15) is 45.5 Å². The molecule has 1 N–H and O–H groups in total. The fourth-order valence-corrected chi connectivity index (χ4v) is 2.29. The Balaban J connectivity index is 2.26. The third kappa shape index (κ3) is 3.12. The van der Waals surface area contributed by atoms with Crippen LogP contribution in [-0.2, 0) is 12.8 Å². The first-order valence-electron chi connectivity index (χ1n) is 7.02. The molecular formula is C16H24N2. The average molecular weight is 244 g/mol. The van der Waals surface area contributed by atoms with E-state index in [4.69, 9.17) is 4.98 Å². The fourth-order valence-electron chi connectivity index (χ4n) is 2.29. The van der Waals surface area contributed by atoms with E-state index in [2.05, 4.69) is 50.9 Å². The zero-order valence-electron chi connectivity index (χ0n) is 12.0. The van der Waals surface area contributed by atoms with Crippen LogP contribution < -0.4 is 0 Å². The Morgan fingerprint density at radius 2 is 1.89 bits per heavy atom. The number of nitrogens with zero attached hydrogens (tertiary/aromatic N) is 1. The van der Waals surface area contributed by atoms with Crippen molar-refractivity contribution in [2.45, 2.75) is 47.0 Å². The normalized spacial score (nSPS) is 11.9. The van der Waals surface area contributed by atoms with Crippen molar-refractivity contribution in [2.24, 2.45) is 11.8 Å². The van der Waals surface area contributed by atoms with E-state index in [0.29, 0.717) is 5.92 Å². The highest BCUT2D eigenvalue weighted by Crippen LogP contribution is 2.20. The lowest BCUT2D eigenvalue weighted by Crippen LogP contribution is -1.95. The number of imidazole rings is 1. The number of para-hydroxylation sites is 1. The number of fused-ring (bicyclic) bond motifs is 1. The molecule has 0 spiro atoms. The van der Waals surface area contributed by atoms with Gasteiger partial charge in [-0.3, -0.25) is 0 Å². The summed E-state index contributed by atoms with van der Waals surface area (Å²) in [6, 6.07) is 6.46. The summed E-state index contributed by atoms with van der Waals surface area (Å²) in [7, 11) is 0. The van der Waals surface area contributed by atoms with Gasteiger partial charge in [0.15, 0.2) is 0 Å². The third-order valence-corrected chi connectivity index (χ3v) is 3.23. The summed E-state index contributed by atoms with van der Waals surface area (Å²) in [6.45, 7) is 9.02. The second-order valence-electron chi connectivity index (χ2n) is 6.03. The van der Waals surface area contributed by atoms with Gasteiger partial charge in [0.2, 0.25) is 0 Å². The first-order valence-corrected chi connectivity index (χ1v) is 7.02. The predicted molar refractivity (Wildman–Crippen MR) is 77.8 cm³/mol. The Morgan fingerprint density at radius 1 is 1.11 bits per heavy atom. The molecule has 0 saturated carbocycles. The molecule has 2 aromatic rings. The smallest absolute Gasteiger partial charge is 0.107 e. The van der Waals surface area contributed by atoms with Gasteiger partial charge in [-0.25, -0.2) is 4.98 Å². The van der Waals surface area contributed by atoms with Crippen molar-refractivity contribution >= 4 is 11.0 Å². The maximum atomic E-state index is 4.78. The number of hydrogen-bond acceptors (Lipinski definition) is 1. The maximum Gasteiger partial charge on any atom is 0.107 e. The van der Waals surface area contributed by atoms with E-state index in [1.165, 1.54) is 23.0 Å². The van der Waals surface area contributed by atoms with Gasteiger partial charge >= 0.3 is 0 Å². The molecule has 18 heavy (non-hydrogen) atoms. The molecule has 2 heteroatoms. The highest BCUT2D eigenvalue weighted by Gasteiger charge is 2.08. The van der Waals surface area contributed by atoms with Crippen molar-refractivity contribution in [1.82, 2.24) is 9.97 Å². The van der Waals surface area contributed by atoms with Crippen LogP contribution in [0.2, 0.25) is 0 Å². The maximum absolute atomic E-state index is 4.78. The van der Waals surface area contributed by atoms with Gasteiger partial charge in [0.05, 0.1) is 11.0 Å². The largest absolute Gasteiger partial charge is 0.342 e. The average Bonchev–Trinajstić information content (AvgIpc) is 2.69. The zero-order valence-corrected chi connectivity index (χ0v) is 12.0. The fraction of sp³-hybridized carbons (Fsp3) is 0.562. The summed E-state index contributed by atoms with van der Waals surface area (Å²) in [5.41, 5.74) is 3.73. The first-order chi connectivity index (χ1) is 8.56. The van der Waals surface area contributed by atoms with E-state index in [9.17, 15) is 0 Å². The van der Waals surface area contributed by atoms with E-state index < -0.39 is 0 Å². The third-order valence-electron chi connectivity index (χ3n) is 3.23. The molecule has 0 radical (unpaired) electrons. The van der Waals surface area contributed by atoms with Gasteiger partial charge in [-0.1, -0.05) is 39.8 Å². The number of nitrogens with one attached hydrogen (secondary N) is 1. The van der Waals surface area contributed by atoms with E-state index in [1.54, 1.807) is 0 Å². The second kappa shape index (κ2) is 5.55. The molecule has 1 aromatic carbocycles. The number of aryl methyl sites for hydroxylation is 1. The molecule has 0 aliphatic carbocycles. The Bertz CT molecular complexity index is 509. The molecule has 0 fully saturated rings. The minimum Gasteiger partial charge on any atom is -0.342 e. The van der Waals surface area contributed by atoms with Crippen LogP contribution in [0.3, 0.4) is 0 Å². The standard InChI is InChI=1S/C16H24N2/c1-11(2)8-9-15-17-14-7-5-6-13(10-12(3)4)16(14)18-15/h5-7,11-12H,8-10H2,1-4H3,(H,17,18). The number of rotatable bonds is 5. The monoisotopic (exact) mass is 244 g/mol. The molecule has 1 aromatic heterocycles. The predicted octanol–water partition coefficient (Wildman–Crippen LogP) is 4.35. The van der Waals surface area contributed by atoms with Gasteiger partial charge in [0, 0.05) is 6.42 Å². The molecule has 1 heterocycles. The van der Waals surface area contributed by atoms with Crippen molar-refractivity contribution in [3.63, 3.8) is 0 Å². The van der Waals surface area contributed by atoms with Crippen LogP contribution in [-0.4, -0.2) is 9.97 Å². The van der Waals surface area contributed by atoms with Gasteiger partial charge < -0.3 is 4.98 Å². The quantitative estimate of drug-likeness (QED) is 0.832. The molecular weight excluding hydrogens is 220 g/mol. The van der Waals surface area contributed by atoms with Crippen molar-refractivity contribution in [1.29, 1.82) is 0 Å². The molecule has 0 aliphatic heterocycles. The molecule has 0 aliphatic rings. The lowest BCUT2D eigenvalue weighted by molar-refractivity contribution is 0.577. The Labute approximate surface area is 110 Å². The zero-order chi connectivity index (χ0) is 13.1. The van der Waals surface area contributed by atoms with Crippen molar-refractivity contribution in [3.8, 4) is 0 Å². The number of H-pyrrole nitrogens is 1. The van der Waals surface area contributed by atoms with E-state index in [-0.39, 0.29) is 0 Å². The lowest BCUT2D eigenvalue weighted by Gasteiger charge is -2.04. The van der Waals surface area contributed by atoms with Crippen molar-refractivity contribution in [3.05, 3.63) is 29.6 Å². The lowest BCUT2D eigenvalue weighted by atomic mass is 10.0. The molecule has 2 rings (SSSR count). The molecule has 0 unspecified atom stereocenters. The SMILES string of the molecule is CC(C)CCc1nc2c(CC(C)C)cccc2[nH]1. The van der Waals surface area contributed by atoms with Gasteiger partial charge in [0.25, 0.3) is 0 Å². The number of benzene rings is 1. The summed E-state index contributed by atoms with van der Waals surface area (Å²) < 4.78 is 0. The van der Waals surface area contributed by atoms with E-state index in [0.717, 1.165) is 24.6 Å². The second-order valence-corrected chi connectivity index (χ2v) is 6.03. The molecule has 0 bridgehead atoms. The highest BCUT2D eigenvalue weighted by molar-refractivity contribution is 5.78. The van der Waals surface area contributed by atoms with Crippen molar-refractivity contribution < 1.29 is 0 Å². The van der Waals surface area contributed by atoms with Crippen LogP contribution >= 0.6 is 0 Å². The first kappa shape index (κ1) is 13.1. The number of aromatic amines is 1. The van der Waals surface area contributed by atoms with Gasteiger partial charge in [-0.05, 0) is 36.3 Å². The summed E-state index contributed by atoms with van der Waals surface area (Å²) in [5, 5.41) is 0. The summed E-state index contributed by atoms with van der Waals surface area (Å²) in [4.78, 5) is 8.24. The van der Waals surface area contributed by atoms with E-state index >= 15 is 0 Å². The molecule has 98 valence electrons. The molecule has 0 amide bonds. The van der Waals surface area contributed by atoms with Gasteiger partial charge in [-0.15, -0.1) is 0 Å². The van der Waals surface area contributed by atoms with Gasteiger partial charge in [-0.2, -0.15) is 0 Å². The molecule has 0 saturated heterocycles. The topological polar surface area (TPSA) is 28.7 Å². The van der Waals surface area contributed by atoms with Crippen LogP contribution in [0.4, 0.5) is 0 Å². The summed E-state index contributed by atoms with van der Waals surface area (Å²) >= 11 is 0. The van der Waals surface area contributed by atoms with E-state index in [1.807, 2.05) is 0 Å². The minimum atomic E-state index is 0.673. The van der Waals surface area contributed by atoms with Crippen LogP contribution in [0.5, 0.6) is 0 Å². The Morgan fingerprint density at radius 3 is 2.56 bits per heavy atom. The Hall–Kier alpha value is -1.31. The summed E-state index contributed by atoms with van der Waals surface area (Å²) in [6.07, 6.45) is 3.35. The highest BCUT2D eigenvalue weighted by atomic mass is 14.9. The molecule has 2 nitrogen and oxygen atoms in total.